The normalized spacial score (nSPS) is 17.3. The lowest BCUT2D eigenvalue weighted by Gasteiger charge is -2.31. The van der Waals surface area contributed by atoms with E-state index in [9.17, 15) is 4.39 Å². The van der Waals surface area contributed by atoms with Crippen LogP contribution in [0, 0.1) is 5.82 Å². The van der Waals surface area contributed by atoms with Crippen molar-refractivity contribution in [2.75, 3.05) is 62.3 Å². The van der Waals surface area contributed by atoms with Gasteiger partial charge in [-0.15, -0.1) is 0 Å². The van der Waals surface area contributed by atoms with Crippen LogP contribution in [0.15, 0.2) is 35.6 Å². The minimum Gasteiger partial charge on any atom is -0.378 e. The molecule has 0 bridgehead atoms. The van der Waals surface area contributed by atoms with E-state index in [1.165, 1.54) is 6.07 Å². The van der Waals surface area contributed by atoms with Gasteiger partial charge in [0.1, 0.15) is 28.2 Å². The fourth-order valence-corrected chi connectivity index (χ4v) is 4.67. The fourth-order valence-electron chi connectivity index (χ4n) is 3.79. The monoisotopic (exact) mass is 441 g/mol. The van der Waals surface area contributed by atoms with Crippen LogP contribution in [0.1, 0.15) is 5.56 Å². The summed E-state index contributed by atoms with van der Waals surface area (Å²) in [5, 5.41) is 4.15. The molecule has 2 aliphatic heterocycles. The van der Waals surface area contributed by atoms with Crippen molar-refractivity contribution in [3.05, 3.63) is 42.0 Å². The highest BCUT2D eigenvalue weighted by Crippen LogP contribution is 2.32. The minimum absolute atomic E-state index is 0.233. The Morgan fingerprint density at radius 3 is 2.65 bits per heavy atom. The van der Waals surface area contributed by atoms with Crippen LogP contribution in [0.5, 0.6) is 0 Å². The molecule has 0 unspecified atom stereocenters. The number of halogens is 1. The number of thioether (sulfide) groups is 1. The van der Waals surface area contributed by atoms with E-state index in [-0.39, 0.29) is 5.82 Å². The van der Waals surface area contributed by atoms with Gasteiger partial charge >= 0.3 is 0 Å². The minimum atomic E-state index is -0.233. The number of aromatic nitrogens is 4. The molecular formula is C21H24FN7OS. The van der Waals surface area contributed by atoms with Crippen molar-refractivity contribution in [2.24, 2.45) is 0 Å². The zero-order valence-corrected chi connectivity index (χ0v) is 17.9. The molecule has 2 aliphatic rings. The first kappa shape index (κ1) is 20.3. The third kappa shape index (κ3) is 4.56. The predicted molar refractivity (Wildman–Crippen MR) is 119 cm³/mol. The van der Waals surface area contributed by atoms with E-state index in [0.717, 1.165) is 66.7 Å². The zero-order valence-electron chi connectivity index (χ0n) is 17.1. The maximum Gasteiger partial charge on any atom is 0.228 e. The Balaban J connectivity index is 1.54. The first-order valence-electron chi connectivity index (χ1n) is 10.5. The standard InChI is InChI=1S/C21H24FN7OS/c22-16-3-1-2-15(12-16)13-31-20-18-17(24-14-25-20)19(28-8-10-30-11-9-28)27-21(26-18)29-6-4-23-5-7-29/h1-3,12,14,23H,4-11,13H2. The quantitative estimate of drug-likeness (QED) is 0.473. The number of nitrogens with zero attached hydrogens (tertiary/aromatic N) is 6. The average molecular weight is 442 g/mol. The second-order valence-corrected chi connectivity index (χ2v) is 8.44. The first-order chi connectivity index (χ1) is 15.3. The molecule has 1 N–H and O–H groups in total. The van der Waals surface area contributed by atoms with Gasteiger partial charge < -0.3 is 19.9 Å². The molecule has 2 saturated heterocycles. The molecule has 0 radical (unpaired) electrons. The van der Waals surface area contributed by atoms with Gasteiger partial charge in [0.15, 0.2) is 5.82 Å². The number of anilines is 2. The third-order valence-corrected chi connectivity index (χ3v) is 6.44. The first-order valence-corrected chi connectivity index (χ1v) is 11.4. The molecule has 0 amide bonds. The molecule has 3 aromatic rings. The summed E-state index contributed by atoms with van der Waals surface area (Å²) in [7, 11) is 0. The van der Waals surface area contributed by atoms with Crippen LogP contribution in [0.2, 0.25) is 0 Å². The van der Waals surface area contributed by atoms with Gasteiger partial charge in [0.05, 0.1) is 13.2 Å². The number of fused-ring (bicyclic) bond motifs is 1. The van der Waals surface area contributed by atoms with Crippen LogP contribution in [0.3, 0.4) is 0 Å². The van der Waals surface area contributed by atoms with E-state index < -0.39 is 0 Å². The number of piperazine rings is 1. The maximum absolute atomic E-state index is 13.6. The lowest BCUT2D eigenvalue weighted by Crippen LogP contribution is -2.44. The van der Waals surface area contributed by atoms with Gasteiger partial charge in [-0.05, 0) is 17.7 Å². The number of nitrogens with one attached hydrogen (secondary N) is 1. The number of morpholine rings is 1. The Morgan fingerprint density at radius 2 is 1.84 bits per heavy atom. The second kappa shape index (κ2) is 9.29. The van der Waals surface area contributed by atoms with Crippen LogP contribution in [0.25, 0.3) is 11.0 Å². The Labute approximate surface area is 184 Å². The van der Waals surface area contributed by atoms with Crippen molar-refractivity contribution in [1.29, 1.82) is 0 Å². The largest absolute Gasteiger partial charge is 0.378 e. The molecule has 0 aliphatic carbocycles. The third-order valence-electron chi connectivity index (χ3n) is 5.39. The summed E-state index contributed by atoms with van der Waals surface area (Å²) in [6.45, 7) is 6.38. The Bertz CT molecular complexity index is 1060. The van der Waals surface area contributed by atoms with Gasteiger partial charge in [-0.3, -0.25) is 0 Å². The smallest absolute Gasteiger partial charge is 0.228 e. The molecule has 8 nitrogen and oxygen atoms in total. The molecule has 0 saturated carbocycles. The highest BCUT2D eigenvalue weighted by Gasteiger charge is 2.23. The van der Waals surface area contributed by atoms with Crippen molar-refractivity contribution in [3.63, 3.8) is 0 Å². The number of benzene rings is 1. The Kier molecular flexibility index (Phi) is 6.10. The highest BCUT2D eigenvalue weighted by molar-refractivity contribution is 7.98. The van der Waals surface area contributed by atoms with E-state index >= 15 is 0 Å². The van der Waals surface area contributed by atoms with Crippen molar-refractivity contribution in [1.82, 2.24) is 25.3 Å². The summed E-state index contributed by atoms with van der Waals surface area (Å²) in [5.74, 6) is 1.90. The summed E-state index contributed by atoms with van der Waals surface area (Å²) >= 11 is 1.54. The highest BCUT2D eigenvalue weighted by atomic mass is 32.2. The van der Waals surface area contributed by atoms with Crippen molar-refractivity contribution in [2.45, 2.75) is 10.8 Å². The maximum atomic E-state index is 13.6. The molecule has 0 atom stereocenters. The van der Waals surface area contributed by atoms with Crippen LogP contribution < -0.4 is 15.1 Å². The van der Waals surface area contributed by atoms with E-state index in [2.05, 4.69) is 25.1 Å². The van der Waals surface area contributed by atoms with Crippen LogP contribution in [0.4, 0.5) is 16.2 Å². The molecule has 4 heterocycles. The molecular weight excluding hydrogens is 417 g/mol. The molecule has 162 valence electrons. The van der Waals surface area contributed by atoms with E-state index in [0.29, 0.717) is 24.9 Å². The lowest BCUT2D eigenvalue weighted by atomic mass is 10.2. The summed E-state index contributed by atoms with van der Waals surface area (Å²) in [6.07, 6.45) is 1.56. The van der Waals surface area contributed by atoms with Crippen molar-refractivity contribution >= 4 is 34.6 Å². The van der Waals surface area contributed by atoms with Gasteiger partial charge in [-0.1, -0.05) is 23.9 Å². The van der Waals surface area contributed by atoms with Gasteiger partial charge in [-0.25, -0.2) is 19.3 Å². The molecule has 0 spiro atoms. The van der Waals surface area contributed by atoms with E-state index in [1.807, 2.05) is 6.07 Å². The lowest BCUT2D eigenvalue weighted by molar-refractivity contribution is 0.122. The molecule has 2 aromatic heterocycles. The van der Waals surface area contributed by atoms with E-state index in [1.54, 1.807) is 30.2 Å². The molecule has 10 heteroatoms. The number of ether oxygens (including phenoxy) is 1. The Morgan fingerprint density at radius 1 is 1.00 bits per heavy atom. The topological polar surface area (TPSA) is 79.3 Å². The zero-order chi connectivity index (χ0) is 21.0. The molecule has 1 aromatic carbocycles. The summed E-state index contributed by atoms with van der Waals surface area (Å²) in [6, 6.07) is 6.65. The van der Waals surface area contributed by atoms with Gasteiger partial charge in [0.2, 0.25) is 5.95 Å². The second-order valence-electron chi connectivity index (χ2n) is 7.48. The number of rotatable bonds is 5. The van der Waals surface area contributed by atoms with Gasteiger partial charge in [0.25, 0.3) is 0 Å². The summed E-state index contributed by atoms with van der Waals surface area (Å²) in [5.41, 5.74) is 2.40. The SMILES string of the molecule is Fc1cccc(CSc2ncnc3c(N4CCOCC4)nc(N4CCNCC4)nc23)c1. The average Bonchev–Trinajstić information content (AvgIpc) is 2.83. The predicted octanol–water partition coefficient (Wildman–Crippen LogP) is 2.10. The van der Waals surface area contributed by atoms with Crippen LogP contribution in [-0.2, 0) is 10.5 Å². The van der Waals surface area contributed by atoms with Gasteiger partial charge in [-0.2, -0.15) is 4.98 Å². The van der Waals surface area contributed by atoms with Crippen molar-refractivity contribution in [3.8, 4) is 0 Å². The van der Waals surface area contributed by atoms with Gasteiger partial charge in [0, 0.05) is 45.0 Å². The summed E-state index contributed by atoms with van der Waals surface area (Å²) in [4.78, 5) is 23.3. The molecule has 5 rings (SSSR count). The molecule has 2 fully saturated rings. The molecule has 31 heavy (non-hydrogen) atoms. The number of hydrogen-bond acceptors (Lipinski definition) is 9. The van der Waals surface area contributed by atoms with Crippen molar-refractivity contribution < 1.29 is 9.13 Å². The van der Waals surface area contributed by atoms with E-state index in [4.69, 9.17) is 14.7 Å². The van der Waals surface area contributed by atoms with Crippen LogP contribution in [-0.4, -0.2) is 72.4 Å². The fraction of sp³-hybridized carbons (Fsp3) is 0.429. The Hall–Kier alpha value is -2.56. The van der Waals surface area contributed by atoms with Crippen LogP contribution >= 0.6 is 11.8 Å². The summed E-state index contributed by atoms with van der Waals surface area (Å²) < 4.78 is 19.1. The number of hydrogen-bond donors (Lipinski definition) is 1.